The molecule has 1 fully saturated rings. The zero-order valence-electron chi connectivity index (χ0n) is 18.3. The van der Waals surface area contributed by atoms with Crippen molar-refractivity contribution in [2.24, 2.45) is 5.92 Å². The Morgan fingerprint density at radius 3 is 2.32 bits per heavy atom. The van der Waals surface area contributed by atoms with Crippen molar-refractivity contribution in [3.63, 3.8) is 0 Å². The second-order valence-electron chi connectivity index (χ2n) is 8.11. The topological polar surface area (TPSA) is 78.5 Å². The van der Waals surface area contributed by atoms with Crippen molar-refractivity contribution in [1.29, 1.82) is 0 Å². The summed E-state index contributed by atoms with van der Waals surface area (Å²) in [4.78, 5) is 40.2. The normalized spacial score (nSPS) is 15.2. The molecule has 2 aromatic carbocycles. The number of rotatable bonds is 7. The van der Waals surface area contributed by atoms with E-state index in [9.17, 15) is 14.4 Å². The summed E-state index contributed by atoms with van der Waals surface area (Å²) >= 11 is 0. The van der Waals surface area contributed by atoms with Gasteiger partial charge in [-0.3, -0.25) is 14.4 Å². The lowest BCUT2D eigenvalue weighted by Crippen LogP contribution is -2.54. The molecule has 1 atom stereocenters. The second-order valence-corrected chi connectivity index (χ2v) is 8.11. The lowest BCUT2D eigenvalue weighted by molar-refractivity contribution is -0.124. The SMILES string of the molecule is CCCNC(=O)[C@H](NC(=O)c1ccccc1)C1CCN(C(=O)c2cccc(C)c2)CC1. The fourth-order valence-corrected chi connectivity index (χ4v) is 3.97. The van der Waals surface area contributed by atoms with Crippen LogP contribution in [0.1, 0.15) is 52.5 Å². The van der Waals surface area contributed by atoms with Gasteiger partial charge in [0.25, 0.3) is 11.8 Å². The summed E-state index contributed by atoms with van der Waals surface area (Å²) in [5.41, 5.74) is 2.27. The Hall–Kier alpha value is -3.15. The van der Waals surface area contributed by atoms with Crippen molar-refractivity contribution in [3.05, 3.63) is 71.3 Å². The first kappa shape index (κ1) is 22.5. The molecular formula is C25H31N3O3. The first-order chi connectivity index (χ1) is 15.0. The molecular weight excluding hydrogens is 390 g/mol. The van der Waals surface area contributed by atoms with E-state index in [0.29, 0.717) is 43.6 Å². The van der Waals surface area contributed by atoms with Crippen molar-refractivity contribution in [2.45, 2.75) is 39.2 Å². The van der Waals surface area contributed by atoms with Crippen molar-refractivity contribution in [2.75, 3.05) is 19.6 Å². The Balaban J connectivity index is 1.66. The average Bonchev–Trinajstić information content (AvgIpc) is 2.81. The molecule has 0 saturated carbocycles. The van der Waals surface area contributed by atoms with E-state index in [4.69, 9.17) is 0 Å². The molecule has 1 aliphatic rings. The summed E-state index contributed by atoms with van der Waals surface area (Å²) < 4.78 is 0. The number of carbonyl (C=O) groups is 3. The van der Waals surface area contributed by atoms with Crippen LogP contribution in [0, 0.1) is 12.8 Å². The lowest BCUT2D eigenvalue weighted by atomic mass is 9.88. The zero-order valence-corrected chi connectivity index (χ0v) is 18.3. The van der Waals surface area contributed by atoms with Crippen LogP contribution < -0.4 is 10.6 Å². The van der Waals surface area contributed by atoms with Gasteiger partial charge in [-0.2, -0.15) is 0 Å². The Kier molecular flexibility index (Phi) is 7.82. The molecule has 3 rings (SSSR count). The molecule has 0 radical (unpaired) electrons. The molecule has 31 heavy (non-hydrogen) atoms. The molecule has 6 nitrogen and oxygen atoms in total. The molecule has 2 aromatic rings. The van der Waals surface area contributed by atoms with Crippen LogP contribution in [0.3, 0.4) is 0 Å². The molecule has 0 aromatic heterocycles. The summed E-state index contributed by atoms with van der Waals surface area (Å²) in [7, 11) is 0. The maximum Gasteiger partial charge on any atom is 0.253 e. The smallest absolute Gasteiger partial charge is 0.253 e. The Bertz CT molecular complexity index is 905. The number of benzene rings is 2. The number of hydrogen-bond donors (Lipinski definition) is 2. The van der Waals surface area contributed by atoms with E-state index >= 15 is 0 Å². The third-order valence-electron chi connectivity index (χ3n) is 5.72. The van der Waals surface area contributed by atoms with Crippen LogP contribution in [0.15, 0.2) is 54.6 Å². The molecule has 0 aliphatic carbocycles. The second kappa shape index (κ2) is 10.8. The first-order valence-corrected chi connectivity index (χ1v) is 11.0. The van der Waals surface area contributed by atoms with Crippen molar-refractivity contribution in [1.82, 2.24) is 15.5 Å². The van der Waals surface area contributed by atoms with Gasteiger partial charge in [-0.05, 0) is 56.4 Å². The number of carbonyl (C=O) groups excluding carboxylic acids is 3. The predicted molar refractivity (Wildman–Crippen MR) is 121 cm³/mol. The Labute approximate surface area is 184 Å². The summed E-state index contributed by atoms with van der Waals surface area (Å²) in [5, 5.41) is 5.86. The Morgan fingerprint density at radius 2 is 1.68 bits per heavy atom. The van der Waals surface area contributed by atoms with Gasteiger partial charge in [0.05, 0.1) is 0 Å². The van der Waals surface area contributed by atoms with Crippen molar-refractivity contribution < 1.29 is 14.4 Å². The molecule has 3 amide bonds. The number of likely N-dealkylation sites (tertiary alicyclic amines) is 1. The van der Waals surface area contributed by atoms with E-state index < -0.39 is 6.04 Å². The highest BCUT2D eigenvalue weighted by atomic mass is 16.2. The molecule has 0 bridgehead atoms. The number of hydrogen-bond acceptors (Lipinski definition) is 3. The molecule has 1 aliphatic heterocycles. The van der Waals surface area contributed by atoms with Gasteiger partial charge in [-0.1, -0.05) is 42.8 Å². The predicted octanol–water partition coefficient (Wildman–Crippen LogP) is 3.17. The van der Waals surface area contributed by atoms with Crippen LogP contribution in [0.5, 0.6) is 0 Å². The maximum absolute atomic E-state index is 12.8. The molecule has 1 heterocycles. The van der Waals surface area contributed by atoms with Crippen LogP contribution in [-0.4, -0.2) is 48.3 Å². The van der Waals surface area contributed by atoms with Gasteiger partial charge in [0.2, 0.25) is 5.91 Å². The number of piperidine rings is 1. The number of nitrogens with one attached hydrogen (secondary N) is 2. The first-order valence-electron chi connectivity index (χ1n) is 11.0. The lowest BCUT2D eigenvalue weighted by Gasteiger charge is -2.36. The van der Waals surface area contributed by atoms with Crippen LogP contribution >= 0.6 is 0 Å². The highest BCUT2D eigenvalue weighted by molar-refractivity contribution is 5.97. The zero-order chi connectivity index (χ0) is 22.2. The highest BCUT2D eigenvalue weighted by Gasteiger charge is 2.34. The molecule has 6 heteroatoms. The Morgan fingerprint density at radius 1 is 1.00 bits per heavy atom. The number of amides is 3. The summed E-state index contributed by atoms with van der Waals surface area (Å²) in [6.07, 6.45) is 2.15. The third kappa shape index (κ3) is 5.94. The van der Waals surface area contributed by atoms with Crippen molar-refractivity contribution >= 4 is 17.7 Å². The fourth-order valence-electron chi connectivity index (χ4n) is 3.97. The van der Waals surface area contributed by atoms with Crippen molar-refractivity contribution in [3.8, 4) is 0 Å². The number of aryl methyl sites for hydroxylation is 1. The maximum atomic E-state index is 12.8. The van der Waals surface area contributed by atoms with Gasteiger partial charge in [0.15, 0.2) is 0 Å². The minimum absolute atomic E-state index is 0.0162. The summed E-state index contributed by atoms with van der Waals surface area (Å²) in [5.74, 6) is -0.418. The van der Waals surface area contributed by atoms with Gasteiger partial charge in [-0.25, -0.2) is 0 Å². The molecule has 0 spiro atoms. The van der Waals surface area contributed by atoms with E-state index in [1.807, 2.05) is 49.1 Å². The van der Waals surface area contributed by atoms with E-state index in [2.05, 4.69) is 10.6 Å². The molecule has 0 unspecified atom stereocenters. The standard InChI is InChI=1S/C25H31N3O3/c1-3-14-26-24(30)22(27-23(29)20-9-5-4-6-10-20)19-12-15-28(16-13-19)25(31)21-11-7-8-18(2)17-21/h4-11,17,19,22H,3,12-16H2,1-2H3,(H,26,30)(H,27,29)/t22-/m1/s1. The molecule has 1 saturated heterocycles. The fraction of sp³-hybridized carbons (Fsp3) is 0.400. The minimum Gasteiger partial charge on any atom is -0.354 e. The number of nitrogens with zero attached hydrogens (tertiary/aromatic N) is 1. The largest absolute Gasteiger partial charge is 0.354 e. The monoisotopic (exact) mass is 421 g/mol. The van der Waals surface area contributed by atoms with E-state index in [1.54, 1.807) is 24.3 Å². The third-order valence-corrected chi connectivity index (χ3v) is 5.72. The van der Waals surface area contributed by atoms with Gasteiger partial charge < -0.3 is 15.5 Å². The summed E-state index contributed by atoms with van der Waals surface area (Å²) in [6.45, 7) is 5.67. The van der Waals surface area contributed by atoms with E-state index in [-0.39, 0.29) is 23.6 Å². The van der Waals surface area contributed by atoms with Gasteiger partial charge in [0, 0.05) is 30.8 Å². The van der Waals surface area contributed by atoms with Crippen LogP contribution in [-0.2, 0) is 4.79 Å². The minimum atomic E-state index is -0.615. The van der Waals surface area contributed by atoms with Gasteiger partial charge in [-0.15, -0.1) is 0 Å². The van der Waals surface area contributed by atoms with Gasteiger partial charge in [0.1, 0.15) is 6.04 Å². The van der Waals surface area contributed by atoms with Crippen LogP contribution in [0.25, 0.3) is 0 Å². The van der Waals surface area contributed by atoms with Gasteiger partial charge >= 0.3 is 0 Å². The van der Waals surface area contributed by atoms with Crippen LogP contribution in [0.4, 0.5) is 0 Å². The van der Waals surface area contributed by atoms with Crippen LogP contribution in [0.2, 0.25) is 0 Å². The molecule has 2 N–H and O–H groups in total. The van der Waals surface area contributed by atoms with E-state index in [0.717, 1.165) is 12.0 Å². The summed E-state index contributed by atoms with van der Waals surface area (Å²) in [6, 6.07) is 15.9. The molecule has 164 valence electrons. The van der Waals surface area contributed by atoms with E-state index in [1.165, 1.54) is 0 Å². The average molecular weight is 422 g/mol. The highest BCUT2D eigenvalue weighted by Crippen LogP contribution is 2.23. The quantitative estimate of drug-likeness (QED) is 0.721.